The first-order valence-electron chi connectivity index (χ1n) is 11.0. The molecule has 5 rings (SSSR count). The molecule has 2 aromatic carbocycles. The van der Waals surface area contributed by atoms with Crippen molar-refractivity contribution in [2.45, 2.75) is 38.8 Å². The van der Waals surface area contributed by atoms with Gasteiger partial charge in [-0.2, -0.15) is 0 Å². The zero-order chi connectivity index (χ0) is 22.8. The Balaban J connectivity index is 1.58. The normalized spacial score (nSPS) is 28.6. The van der Waals surface area contributed by atoms with Gasteiger partial charge in [-0.25, -0.2) is 0 Å². The van der Waals surface area contributed by atoms with Crippen LogP contribution in [0.2, 0.25) is 5.02 Å². The highest BCUT2D eigenvalue weighted by atomic mass is 35.5. The van der Waals surface area contributed by atoms with Gasteiger partial charge in [0, 0.05) is 18.2 Å². The molecule has 3 aliphatic heterocycles. The van der Waals surface area contributed by atoms with E-state index in [-0.39, 0.29) is 29.7 Å². The molecule has 32 heavy (non-hydrogen) atoms. The fraction of sp³-hybridized carbons (Fsp3) is 0.400. The van der Waals surface area contributed by atoms with Crippen LogP contribution in [0, 0.1) is 24.7 Å². The van der Waals surface area contributed by atoms with Crippen LogP contribution in [0.4, 0.5) is 5.69 Å². The summed E-state index contributed by atoms with van der Waals surface area (Å²) >= 11 is 6.45. The SMILES string of the molecule is Cc1cc(Cl)c2c(c1)[C@]1(N[C@H](C(C)C)[C@H]3C(=O)N(CCc4ccccc4)C(=O)[C@@H]31)C(=O)N2. The molecule has 166 valence electrons. The van der Waals surface area contributed by atoms with E-state index in [4.69, 9.17) is 11.6 Å². The highest BCUT2D eigenvalue weighted by molar-refractivity contribution is 6.35. The van der Waals surface area contributed by atoms with Gasteiger partial charge >= 0.3 is 0 Å². The number of hydrogen-bond acceptors (Lipinski definition) is 4. The van der Waals surface area contributed by atoms with Crippen LogP contribution < -0.4 is 10.6 Å². The van der Waals surface area contributed by atoms with Crippen LogP contribution in [0.3, 0.4) is 0 Å². The lowest BCUT2D eigenvalue weighted by molar-refractivity contribution is -0.142. The minimum absolute atomic E-state index is 0.0600. The van der Waals surface area contributed by atoms with Crippen LogP contribution in [0.25, 0.3) is 0 Å². The topological polar surface area (TPSA) is 78.5 Å². The van der Waals surface area contributed by atoms with Crippen molar-refractivity contribution in [3.63, 3.8) is 0 Å². The lowest BCUT2D eigenvalue weighted by Gasteiger charge is -2.30. The maximum absolute atomic E-state index is 13.7. The summed E-state index contributed by atoms with van der Waals surface area (Å²) in [5.41, 5.74) is 1.86. The van der Waals surface area contributed by atoms with Crippen molar-refractivity contribution in [3.05, 3.63) is 64.2 Å². The van der Waals surface area contributed by atoms with Crippen molar-refractivity contribution in [3.8, 4) is 0 Å². The number of benzene rings is 2. The van der Waals surface area contributed by atoms with E-state index in [0.29, 0.717) is 29.2 Å². The molecule has 0 aliphatic carbocycles. The quantitative estimate of drug-likeness (QED) is 0.699. The number of aryl methyl sites for hydroxylation is 1. The van der Waals surface area contributed by atoms with Gasteiger partial charge in [-0.05, 0) is 36.5 Å². The Labute approximate surface area is 192 Å². The molecule has 1 spiro atoms. The maximum atomic E-state index is 13.7. The van der Waals surface area contributed by atoms with Crippen LogP contribution in [0.15, 0.2) is 42.5 Å². The second kappa shape index (κ2) is 7.42. The molecule has 0 aromatic heterocycles. The van der Waals surface area contributed by atoms with Crippen molar-refractivity contribution in [2.75, 3.05) is 11.9 Å². The minimum atomic E-state index is -1.29. The molecule has 2 aromatic rings. The maximum Gasteiger partial charge on any atom is 0.250 e. The van der Waals surface area contributed by atoms with Gasteiger partial charge in [0.15, 0.2) is 0 Å². The first-order valence-corrected chi connectivity index (χ1v) is 11.4. The number of rotatable bonds is 4. The minimum Gasteiger partial charge on any atom is -0.323 e. The summed E-state index contributed by atoms with van der Waals surface area (Å²) in [4.78, 5) is 42.1. The third-order valence-electron chi connectivity index (χ3n) is 7.13. The number of halogens is 1. The molecule has 2 N–H and O–H groups in total. The molecule has 3 amide bonds. The largest absolute Gasteiger partial charge is 0.323 e. The van der Waals surface area contributed by atoms with Gasteiger partial charge in [-0.15, -0.1) is 0 Å². The zero-order valence-electron chi connectivity index (χ0n) is 18.3. The molecule has 4 atom stereocenters. The van der Waals surface area contributed by atoms with Gasteiger partial charge in [0.2, 0.25) is 17.7 Å². The molecular formula is C25H26ClN3O3. The summed E-state index contributed by atoms with van der Waals surface area (Å²) in [7, 11) is 0. The van der Waals surface area contributed by atoms with E-state index in [1.54, 1.807) is 6.07 Å². The average Bonchev–Trinajstić information content (AvgIpc) is 3.34. The number of carbonyl (C=O) groups is 3. The van der Waals surface area contributed by atoms with E-state index >= 15 is 0 Å². The molecule has 3 heterocycles. The number of nitrogens with one attached hydrogen (secondary N) is 2. The summed E-state index contributed by atoms with van der Waals surface area (Å²) in [5.74, 6) is -2.12. The number of amides is 3. The number of carbonyl (C=O) groups excluding carboxylic acids is 3. The number of hydrogen-bond donors (Lipinski definition) is 2. The van der Waals surface area contributed by atoms with E-state index in [9.17, 15) is 14.4 Å². The standard InChI is InChI=1S/C25H26ClN3O3/c1-13(2)20-18-19(23(31)29(22(18)30)10-9-15-7-5-4-6-8-15)25(28-20)16-11-14(3)12-17(26)21(16)27-24(25)32/h4-8,11-13,18-20,28H,9-10H2,1-3H3,(H,27,32)/t18-,19+,20+,25+/m0/s1. The van der Waals surface area contributed by atoms with Crippen molar-refractivity contribution in [1.29, 1.82) is 0 Å². The van der Waals surface area contributed by atoms with E-state index in [1.807, 2.05) is 57.2 Å². The molecule has 7 heteroatoms. The van der Waals surface area contributed by atoms with Gasteiger partial charge in [0.25, 0.3) is 0 Å². The molecule has 0 radical (unpaired) electrons. The van der Waals surface area contributed by atoms with Gasteiger partial charge in [-0.3, -0.25) is 24.6 Å². The Morgan fingerprint density at radius 2 is 1.81 bits per heavy atom. The van der Waals surface area contributed by atoms with E-state index in [2.05, 4.69) is 10.6 Å². The van der Waals surface area contributed by atoms with Crippen molar-refractivity contribution < 1.29 is 14.4 Å². The Hall–Kier alpha value is -2.70. The van der Waals surface area contributed by atoms with E-state index in [1.165, 1.54) is 4.90 Å². The molecule has 6 nitrogen and oxygen atoms in total. The third-order valence-corrected chi connectivity index (χ3v) is 7.43. The van der Waals surface area contributed by atoms with Crippen LogP contribution in [-0.2, 0) is 26.3 Å². The highest BCUT2D eigenvalue weighted by Crippen LogP contribution is 2.55. The molecular weight excluding hydrogens is 426 g/mol. The van der Waals surface area contributed by atoms with Crippen molar-refractivity contribution in [1.82, 2.24) is 10.2 Å². The number of fused-ring (bicyclic) bond motifs is 4. The smallest absolute Gasteiger partial charge is 0.250 e. The third kappa shape index (κ3) is 2.86. The molecule has 3 aliphatic rings. The zero-order valence-corrected chi connectivity index (χ0v) is 19.1. The fourth-order valence-corrected chi connectivity index (χ4v) is 5.99. The summed E-state index contributed by atoms with van der Waals surface area (Å²) in [6.45, 7) is 6.23. The Bertz CT molecular complexity index is 1130. The van der Waals surface area contributed by atoms with Gasteiger partial charge in [-0.1, -0.05) is 61.8 Å². The van der Waals surface area contributed by atoms with Crippen LogP contribution in [-0.4, -0.2) is 35.2 Å². The molecule has 0 saturated carbocycles. The molecule has 0 unspecified atom stereocenters. The lowest BCUT2D eigenvalue weighted by Crippen LogP contribution is -2.54. The van der Waals surface area contributed by atoms with E-state index < -0.39 is 17.4 Å². The van der Waals surface area contributed by atoms with Gasteiger partial charge < -0.3 is 5.32 Å². The fourth-order valence-electron chi connectivity index (χ4n) is 5.66. The first-order chi connectivity index (χ1) is 15.3. The van der Waals surface area contributed by atoms with Crippen LogP contribution in [0.5, 0.6) is 0 Å². The highest BCUT2D eigenvalue weighted by Gasteiger charge is 2.70. The molecule has 0 bridgehead atoms. The summed E-state index contributed by atoms with van der Waals surface area (Å²) in [6, 6.07) is 13.2. The summed E-state index contributed by atoms with van der Waals surface area (Å²) < 4.78 is 0. The Morgan fingerprint density at radius 3 is 2.50 bits per heavy atom. The second-order valence-corrected chi connectivity index (χ2v) is 9.82. The van der Waals surface area contributed by atoms with Crippen LogP contribution >= 0.6 is 11.6 Å². The number of anilines is 1. The molecule has 2 saturated heterocycles. The first kappa shape index (κ1) is 21.2. The second-order valence-electron chi connectivity index (χ2n) is 9.41. The van der Waals surface area contributed by atoms with Crippen molar-refractivity contribution in [2.24, 2.45) is 17.8 Å². The predicted molar refractivity (Wildman–Crippen MR) is 122 cm³/mol. The predicted octanol–water partition coefficient (Wildman–Crippen LogP) is 3.27. The molecule has 2 fully saturated rings. The number of nitrogens with zero attached hydrogens (tertiary/aromatic N) is 1. The van der Waals surface area contributed by atoms with Gasteiger partial charge in [0.1, 0.15) is 5.54 Å². The lowest BCUT2D eigenvalue weighted by atomic mass is 9.75. The Kier molecular flexibility index (Phi) is 4.91. The van der Waals surface area contributed by atoms with E-state index in [0.717, 1.165) is 11.1 Å². The average molecular weight is 452 g/mol. The van der Waals surface area contributed by atoms with Crippen molar-refractivity contribution >= 4 is 35.0 Å². The number of imide groups is 1. The van der Waals surface area contributed by atoms with Gasteiger partial charge in [0.05, 0.1) is 22.5 Å². The monoisotopic (exact) mass is 451 g/mol. The summed E-state index contributed by atoms with van der Waals surface area (Å²) in [6.07, 6.45) is 0.582. The summed E-state index contributed by atoms with van der Waals surface area (Å²) in [5, 5.41) is 6.77. The van der Waals surface area contributed by atoms with Crippen LogP contribution in [0.1, 0.15) is 30.5 Å². The number of likely N-dealkylation sites (tertiary alicyclic amines) is 1. The Morgan fingerprint density at radius 1 is 1.09 bits per heavy atom.